The van der Waals surface area contributed by atoms with E-state index >= 15 is 0 Å². The van der Waals surface area contributed by atoms with E-state index in [1.807, 2.05) is 18.2 Å². The number of halogens is 1. The van der Waals surface area contributed by atoms with Gasteiger partial charge in [-0.1, -0.05) is 23.7 Å². The van der Waals surface area contributed by atoms with Crippen LogP contribution >= 0.6 is 22.9 Å². The first-order chi connectivity index (χ1) is 8.74. The Balaban J connectivity index is 2.28. The summed E-state index contributed by atoms with van der Waals surface area (Å²) in [6.45, 7) is 4.52. The number of hydrogen-bond donors (Lipinski definition) is 1. The van der Waals surface area contributed by atoms with Gasteiger partial charge in [-0.3, -0.25) is 0 Å². The molecule has 0 aliphatic carbocycles. The van der Waals surface area contributed by atoms with Crippen molar-refractivity contribution >= 4 is 28.6 Å². The molecule has 2 nitrogen and oxygen atoms in total. The Morgan fingerprint density at radius 3 is 2.78 bits per heavy atom. The Kier molecular flexibility index (Phi) is 4.64. The van der Waals surface area contributed by atoms with Crippen molar-refractivity contribution in [2.24, 2.45) is 5.73 Å². The number of hydrogen-bond acceptors (Lipinski definition) is 3. The third kappa shape index (κ3) is 3.05. The molecule has 1 heterocycles. The maximum atomic E-state index is 6.09. The van der Waals surface area contributed by atoms with Crippen LogP contribution in [0.2, 0.25) is 5.02 Å². The van der Waals surface area contributed by atoms with E-state index in [4.69, 9.17) is 17.3 Å². The maximum absolute atomic E-state index is 6.09. The molecule has 0 spiro atoms. The second kappa shape index (κ2) is 6.23. The minimum Gasteiger partial charge on any atom is -0.366 e. The summed E-state index contributed by atoms with van der Waals surface area (Å²) in [6.07, 6.45) is 0. The maximum Gasteiger partial charge on any atom is 0.0522 e. The second-order valence-corrected chi connectivity index (χ2v) is 5.54. The van der Waals surface area contributed by atoms with Crippen molar-refractivity contribution in [2.75, 3.05) is 11.4 Å². The Morgan fingerprint density at radius 2 is 2.17 bits per heavy atom. The van der Waals surface area contributed by atoms with Crippen LogP contribution in [0.1, 0.15) is 17.4 Å². The van der Waals surface area contributed by atoms with E-state index in [2.05, 4.69) is 29.3 Å². The molecule has 0 saturated heterocycles. The van der Waals surface area contributed by atoms with Crippen molar-refractivity contribution in [3.05, 3.63) is 51.2 Å². The van der Waals surface area contributed by atoms with Crippen molar-refractivity contribution in [2.45, 2.75) is 20.0 Å². The molecule has 0 amide bonds. The molecule has 2 rings (SSSR count). The molecule has 0 bridgehead atoms. The zero-order valence-electron chi connectivity index (χ0n) is 10.4. The average molecular weight is 281 g/mol. The first-order valence-electron chi connectivity index (χ1n) is 6.00. The second-order valence-electron chi connectivity index (χ2n) is 4.07. The van der Waals surface area contributed by atoms with Gasteiger partial charge in [-0.15, -0.1) is 11.3 Å². The molecule has 4 heteroatoms. The van der Waals surface area contributed by atoms with Crippen LogP contribution in [0.3, 0.4) is 0 Å². The Labute approximate surface area is 117 Å². The number of benzene rings is 1. The first-order valence-corrected chi connectivity index (χ1v) is 7.26. The minimum absolute atomic E-state index is 0.535. The van der Waals surface area contributed by atoms with Crippen LogP contribution in [0.25, 0.3) is 0 Å². The van der Waals surface area contributed by atoms with Gasteiger partial charge < -0.3 is 10.6 Å². The summed E-state index contributed by atoms with van der Waals surface area (Å²) in [5.74, 6) is 0. The summed E-state index contributed by atoms with van der Waals surface area (Å²) in [5.41, 5.74) is 8.08. The van der Waals surface area contributed by atoms with Crippen molar-refractivity contribution in [3.8, 4) is 0 Å². The molecule has 18 heavy (non-hydrogen) atoms. The normalized spacial score (nSPS) is 10.6. The smallest absolute Gasteiger partial charge is 0.0522 e. The van der Waals surface area contributed by atoms with Gasteiger partial charge in [0.25, 0.3) is 0 Å². The molecule has 0 atom stereocenters. The molecular weight excluding hydrogens is 264 g/mol. The highest BCUT2D eigenvalue weighted by molar-refractivity contribution is 7.09. The Bertz CT molecular complexity index is 497. The number of thiophene rings is 1. The van der Waals surface area contributed by atoms with Crippen LogP contribution in [-0.4, -0.2) is 6.54 Å². The summed E-state index contributed by atoms with van der Waals surface area (Å²) in [4.78, 5) is 3.65. The molecule has 0 unspecified atom stereocenters. The highest BCUT2D eigenvalue weighted by Gasteiger charge is 2.10. The first kappa shape index (κ1) is 13.4. The van der Waals surface area contributed by atoms with Gasteiger partial charge in [-0.2, -0.15) is 0 Å². The highest BCUT2D eigenvalue weighted by Crippen LogP contribution is 2.26. The third-order valence-electron chi connectivity index (χ3n) is 2.92. The molecule has 0 radical (unpaired) electrons. The topological polar surface area (TPSA) is 29.3 Å². The van der Waals surface area contributed by atoms with Crippen molar-refractivity contribution in [1.82, 2.24) is 0 Å². The van der Waals surface area contributed by atoms with Crippen LogP contribution < -0.4 is 10.6 Å². The fourth-order valence-corrected chi connectivity index (χ4v) is 2.85. The zero-order chi connectivity index (χ0) is 13.0. The van der Waals surface area contributed by atoms with Crippen molar-refractivity contribution < 1.29 is 0 Å². The van der Waals surface area contributed by atoms with E-state index in [9.17, 15) is 0 Å². The third-order valence-corrected chi connectivity index (χ3v) is 4.01. The quantitative estimate of drug-likeness (QED) is 0.900. The number of rotatable bonds is 5. The fraction of sp³-hybridized carbons (Fsp3) is 0.286. The largest absolute Gasteiger partial charge is 0.366 e. The van der Waals surface area contributed by atoms with Crippen LogP contribution in [0.4, 0.5) is 5.69 Å². The van der Waals surface area contributed by atoms with E-state index in [0.717, 1.165) is 29.4 Å². The Morgan fingerprint density at radius 1 is 1.33 bits per heavy atom. The van der Waals surface area contributed by atoms with Gasteiger partial charge in [0, 0.05) is 28.7 Å². The number of nitrogens with zero attached hydrogens (tertiary/aromatic N) is 1. The molecule has 0 aliphatic heterocycles. The minimum atomic E-state index is 0.535. The lowest BCUT2D eigenvalue weighted by atomic mass is 10.1. The van der Waals surface area contributed by atoms with Gasteiger partial charge in [0.05, 0.1) is 6.54 Å². The van der Waals surface area contributed by atoms with Crippen LogP contribution in [0, 0.1) is 0 Å². The summed E-state index contributed by atoms with van der Waals surface area (Å²) in [6, 6.07) is 10.1. The number of anilines is 1. The van der Waals surface area contributed by atoms with Gasteiger partial charge in [-0.25, -0.2) is 0 Å². The predicted octanol–water partition coefficient (Wildman–Crippen LogP) is 3.89. The molecule has 1 aromatic carbocycles. The molecule has 2 aromatic rings. The number of nitrogens with two attached hydrogens (primary N) is 1. The van der Waals surface area contributed by atoms with Crippen LogP contribution in [-0.2, 0) is 13.1 Å². The fourth-order valence-electron chi connectivity index (χ4n) is 1.96. The van der Waals surface area contributed by atoms with Gasteiger partial charge in [0.1, 0.15) is 0 Å². The van der Waals surface area contributed by atoms with E-state index in [0.29, 0.717) is 6.54 Å². The van der Waals surface area contributed by atoms with Crippen LogP contribution in [0.5, 0.6) is 0 Å². The van der Waals surface area contributed by atoms with Gasteiger partial charge in [0.15, 0.2) is 0 Å². The average Bonchev–Trinajstić information content (AvgIpc) is 2.88. The molecule has 1 aromatic heterocycles. The van der Waals surface area contributed by atoms with E-state index in [-0.39, 0.29) is 0 Å². The van der Waals surface area contributed by atoms with Crippen molar-refractivity contribution in [1.29, 1.82) is 0 Å². The van der Waals surface area contributed by atoms with Gasteiger partial charge in [-0.05, 0) is 36.1 Å². The molecule has 0 fully saturated rings. The molecule has 96 valence electrons. The van der Waals surface area contributed by atoms with E-state index in [1.54, 1.807) is 11.3 Å². The SMILES string of the molecule is CCN(Cc1cccs1)c1cc(Cl)ccc1CN. The van der Waals surface area contributed by atoms with Gasteiger partial charge in [0.2, 0.25) is 0 Å². The van der Waals surface area contributed by atoms with E-state index in [1.165, 1.54) is 4.88 Å². The van der Waals surface area contributed by atoms with E-state index < -0.39 is 0 Å². The summed E-state index contributed by atoms with van der Waals surface area (Å²) < 4.78 is 0. The summed E-state index contributed by atoms with van der Waals surface area (Å²) in [5, 5.41) is 2.86. The summed E-state index contributed by atoms with van der Waals surface area (Å²) >= 11 is 7.86. The molecule has 2 N–H and O–H groups in total. The summed E-state index contributed by atoms with van der Waals surface area (Å²) in [7, 11) is 0. The monoisotopic (exact) mass is 280 g/mol. The molecular formula is C14H17ClN2S. The lowest BCUT2D eigenvalue weighted by Gasteiger charge is -2.25. The molecule has 0 aliphatic rings. The lowest BCUT2D eigenvalue weighted by Crippen LogP contribution is -2.23. The Hall–Kier alpha value is -1.03. The standard InChI is InChI=1S/C14H17ClN2S/c1-2-17(10-13-4-3-7-18-13)14-8-12(15)6-5-11(14)9-16/h3-8H,2,9-10,16H2,1H3. The van der Waals surface area contributed by atoms with Crippen molar-refractivity contribution in [3.63, 3.8) is 0 Å². The zero-order valence-corrected chi connectivity index (χ0v) is 12.0. The van der Waals surface area contributed by atoms with Crippen LogP contribution in [0.15, 0.2) is 35.7 Å². The molecule has 0 saturated carbocycles. The predicted molar refractivity (Wildman–Crippen MR) is 80.4 cm³/mol. The highest BCUT2D eigenvalue weighted by atomic mass is 35.5. The lowest BCUT2D eigenvalue weighted by molar-refractivity contribution is 0.831. The van der Waals surface area contributed by atoms with Gasteiger partial charge >= 0.3 is 0 Å².